The molecular weight excluding hydrogens is 566 g/mol. The predicted octanol–water partition coefficient (Wildman–Crippen LogP) is 7.40. The highest BCUT2D eigenvalue weighted by Gasteiger charge is 2.71. The largest absolute Gasteiger partial charge is 0.393 e. The third-order valence-electron chi connectivity index (χ3n) is 13.2. The standard InChI is InChI=1S/C34H48ClN3O3S/c1-19-11-14-34(40-18-19)20(2)30-28(41-34)16-25-23-10-9-21-15-22(39)12-13-32(21,3)24(23)17-29(33(25,30)4)37-38-31(42)36-27-8-6-5-7-26(27)35/h5-8,19-25,28,30,39H,9-18H2,1-4H3,(H2,36,38,42)/b37-29+/t19-,20+,21+,22+,23-,24+,25+,28+,30+,32+,33-,34-/m1/s1. The van der Waals surface area contributed by atoms with Gasteiger partial charge in [0.2, 0.25) is 0 Å². The Morgan fingerprint density at radius 1 is 1.07 bits per heavy atom. The third kappa shape index (κ3) is 4.50. The van der Waals surface area contributed by atoms with Gasteiger partial charge in [-0.3, -0.25) is 5.43 Å². The van der Waals surface area contributed by atoms with Crippen molar-refractivity contribution in [1.29, 1.82) is 0 Å². The maximum absolute atomic E-state index is 10.6. The molecule has 3 N–H and O–H groups in total. The molecule has 0 aromatic heterocycles. The van der Waals surface area contributed by atoms with Gasteiger partial charge in [0.25, 0.3) is 0 Å². The predicted molar refractivity (Wildman–Crippen MR) is 171 cm³/mol. The zero-order valence-electron chi connectivity index (χ0n) is 25.6. The fourth-order valence-electron chi connectivity index (χ4n) is 10.9. The van der Waals surface area contributed by atoms with Crippen molar-refractivity contribution in [2.75, 3.05) is 11.9 Å². The van der Waals surface area contributed by atoms with E-state index in [0.717, 1.165) is 57.2 Å². The van der Waals surface area contributed by atoms with Crippen molar-refractivity contribution in [2.24, 2.45) is 57.4 Å². The second-order valence-corrected chi connectivity index (χ2v) is 16.0. The molecule has 0 radical (unpaired) electrons. The number of ether oxygens (including phenoxy) is 2. The Kier molecular flexibility index (Phi) is 7.49. The number of benzene rings is 1. The van der Waals surface area contributed by atoms with Crippen LogP contribution in [0, 0.1) is 52.3 Å². The van der Waals surface area contributed by atoms with Gasteiger partial charge in [-0.1, -0.05) is 51.4 Å². The van der Waals surface area contributed by atoms with E-state index in [1.165, 1.54) is 18.6 Å². The number of nitrogens with zero attached hydrogens (tertiary/aromatic N) is 1. The second kappa shape index (κ2) is 10.7. The zero-order valence-corrected chi connectivity index (χ0v) is 27.1. The van der Waals surface area contributed by atoms with Gasteiger partial charge in [0.15, 0.2) is 10.9 Å². The quantitative estimate of drug-likeness (QED) is 0.238. The summed E-state index contributed by atoms with van der Waals surface area (Å²) in [6.07, 6.45) is 9.68. The van der Waals surface area contributed by atoms with E-state index in [2.05, 4.69) is 38.4 Å². The number of nitrogens with one attached hydrogen (secondary N) is 2. The Balaban J connectivity index is 1.22. The van der Waals surface area contributed by atoms with Gasteiger partial charge in [-0.05, 0) is 111 Å². The maximum Gasteiger partial charge on any atom is 0.191 e. The fraction of sp³-hybridized carbons (Fsp3) is 0.765. The van der Waals surface area contributed by atoms with Crippen LogP contribution >= 0.6 is 23.8 Å². The molecule has 4 aliphatic carbocycles. The van der Waals surface area contributed by atoms with Crippen LogP contribution in [0.5, 0.6) is 0 Å². The van der Waals surface area contributed by atoms with Crippen LogP contribution in [0.4, 0.5) is 5.69 Å². The Labute approximate surface area is 261 Å². The summed E-state index contributed by atoms with van der Waals surface area (Å²) in [7, 11) is 0. The molecule has 2 aliphatic heterocycles. The zero-order chi connectivity index (χ0) is 29.4. The lowest BCUT2D eigenvalue weighted by molar-refractivity contribution is -0.272. The van der Waals surface area contributed by atoms with Gasteiger partial charge >= 0.3 is 0 Å². The molecule has 12 atom stereocenters. The van der Waals surface area contributed by atoms with Crippen LogP contribution in [0.15, 0.2) is 29.4 Å². The lowest BCUT2D eigenvalue weighted by Gasteiger charge is -2.61. The van der Waals surface area contributed by atoms with Crippen molar-refractivity contribution in [3.63, 3.8) is 0 Å². The van der Waals surface area contributed by atoms with E-state index in [4.69, 9.17) is 38.4 Å². The first kappa shape index (κ1) is 29.5. The first-order valence-corrected chi connectivity index (χ1v) is 17.2. The van der Waals surface area contributed by atoms with Crippen molar-refractivity contribution >= 4 is 40.3 Å². The van der Waals surface area contributed by atoms with Crippen LogP contribution in [0.1, 0.15) is 85.5 Å². The number of hydrazone groups is 1. The summed E-state index contributed by atoms with van der Waals surface area (Å²) in [5.74, 6) is 3.10. The lowest BCUT2D eigenvalue weighted by atomic mass is 9.44. The Morgan fingerprint density at radius 3 is 2.64 bits per heavy atom. The molecule has 0 amide bonds. The number of fused-ring (bicyclic) bond motifs is 7. The molecule has 6 fully saturated rings. The number of thiocarbonyl (C=S) groups is 1. The molecule has 7 rings (SSSR count). The summed E-state index contributed by atoms with van der Waals surface area (Å²) < 4.78 is 13.6. The van der Waals surface area contributed by atoms with E-state index in [9.17, 15) is 5.11 Å². The van der Waals surface area contributed by atoms with Gasteiger partial charge in [0, 0.05) is 29.4 Å². The molecule has 1 spiro atoms. The second-order valence-electron chi connectivity index (χ2n) is 15.1. The van der Waals surface area contributed by atoms with Crippen LogP contribution in [0.2, 0.25) is 5.02 Å². The maximum atomic E-state index is 10.6. The highest BCUT2D eigenvalue weighted by atomic mass is 35.5. The number of hydrogen-bond donors (Lipinski definition) is 3. The summed E-state index contributed by atoms with van der Waals surface area (Å²) in [5, 5.41) is 20.1. The fourth-order valence-corrected chi connectivity index (χ4v) is 11.3. The minimum Gasteiger partial charge on any atom is -0.393 e. The van der Waals surface area contributed by atoms with Gasteiger partial charge in [0.1, 0.15) is 0 Å². The summed E-state index contributed by atoms with van der Waals surface area (Å²) in [4.78, 5) is 0. The van der Waals surface area contributed by atoms with Gasteiger partial charge < -0.3 is 19.9 Å². The first-order chi connectivity index (χ1) is 20.0. The van der Waals surface area contributed by atoms with E-state index in [1.54, 1.807) is 0 Å². The van der Waals surface area contributed by atoms with Crippen molar-refractivity contribution in [1.82, 2.24) is 5.43 Å². The van der Waals surface area contributed by atoms with E-state index in [1.807, 2.05) is 24.3 Å². The number of anilines is 1. The molecule has 42 heavy (non-hydrogen) atoms. The van der Waals surface area contributed by atoms with Crippen molar-refractivity contribution in [3.05, 3.63) is 29.3 Å². The highest BCUT2D eigenvalue weighted by molar-refractivity contribution is 7.80. The number of halogens is 1. The van der Waals surface area contributed by atoms with Crippen LogP contribution in [0.25, 0.3) is 0 Å². The first-order valence-electron chi connectivity index (χ1n) is 16.4. The SMILES string of the molecule is C[C@@H]1CC[C@@]2(OC1)O[C@H]1C[C@H]3[C@@H]4CC[C@H]5C[C@@H](O)CC[C@]5(C)[C@H]4C/C(=N\NC(=S)Nc4ccccc4Cl)[C@]3(C)[C@H]1[C@@H]2C. The molecule has 2 heterocycles. The summed E-state index contributed by atoms with van der Waals surface area (Å²) in [6, 6.07) is 7.64. The third-order valence-corrected chi connectivity index (χ3v) is 13.7. The molecule has 4 saturated carbocycles. The van der Waals surface area contributed by atoms with Crippen LogP contribution in [-0.2, 0) is 9.47 Å². The lowest BCUT2D eigenvalue weighted by Crippen LogP contribution is -2.58. The number of rotatable bonds is 2. The molecular formula is C34H48ClN3O3S. The minimum absolute atomic E-state index is 0.0917. The summed E-state index contributed by atoms with van der Waals surface area (Å²) in [6.45, 7) is 10.5. The van der Waals surface area contributed by atoms with E-state index < -0.39 is 5.79 Å². The van der Waals surface area contributed by atoms with E-state index in [-0.39, 0.29) is 23.0 Å². The Morgan fingerprint density at radius 2 is 1.88 bits per heavy atom. The number of aliphatic hydroxyl groups is 1. The average molecular weight is 614 g/mol. The Hall–Kier alpha value is -1.25. The molecule has 2 saturated heterocycles. The summed E-state index contributed by atoms with van der Waals surface area (Å²) >= 11 is 12.1. The topological polar surface area (TPSA) is 75.1 Å². The van der Waals surface area contributed by atoms with Gasteiger partial charge in [-0.25, -0.2) is 0 Å². The van der Waals surface area contributed by atoms with Crippen molar-refractivity contribution in [2.45, 2.75) is 103 Å². The number of hydrogen-bond acceptors (Lipinski definition) is 5. The summed E-state index contributed by atoms with van der Waals surface area (Å²) in [5.41, 5.74) is 5.42. The molecule has 0 bridgehead atoms. The van der Waals surface area contributed by atoms with Crippen LogP contribution in [-0.4, -0.2) is 40.5 Å². The smallest absolute Gasteiger partial charge is 0.191 e. The average Bonchev–Trinajstić information content (AvgIpc) is 3.41. The molecule has 230 valence electrons. The number of aliphatic hydroxyl groups excluding tert-OH is 1. The highest BCUT2D eigenvalue weighted by Crippen LogP contribution is 2.70. The van der Waals surface area contributed by atoms with Gasteiger partial charge in [0.05, 0.1) is 29.5 Å². The monoisotopic (exact) mass is 613 g/mol. The minimum atomic E-state index is -0.463. The normalized spacial score (nSPS) is 48.7. The van der Waals surface area contributed by atoms with E-state index in [0.29, 0.717) is 51.6 Å². The molecule has 6 nitrogen and oxygen atoms in total. The molecule has 6 aliphatic rings. The molecule has 8 heteroatoms. The van der Waals surface area contributed by atoms with Crippen LogP contribution < -0.4 is 10.7 Å². The molecule has 0 unspecified atom stereocenters. The van der Waals surface area contributed by atoms with Crippen molar-refractivity contribution < 1.29 is 14.6 Å². The van der Waals surface area contributed by atoms with Gasteiger partial charge in [-0.15, -0.1) is 0 Å². The van der Waals surface area contributed by atoms with Gasteiger partial charge in [-0.2, -0.15) is 5.10 Å². The van der Waals surface area contributed by atoms with Crippen LogP contribution in [0.3, 0.4) is 0 Å². The van der Waals surface area contributed by atoms with E-state index >= 15 is 0 Å². The van der Waals surface area contributed by atoms with Crippen molar-refractivity contribution in [3.8, 4) is 0 Å². The Bertz CT molecular complexity index is 1250. The molecule has 1 aromatic carbocycles. The number of para-hydroxylation sites is 1. The molecule has 1 aromatic rings.